The van der Waals surface area contributed by atoms with Crippen molar-refractivity contribution in [1.82, 2.24) is 0 Å². The summed E-state index contributed by atoms with van der Waals surface area (Å²) in [5.41, 5.74) is 2.39. The minimum atomic E-state index is -0.0988. The van der Waals surface area contributed by atoms with Crippen LogP contribution in [0.1, 0.15) is 91.9 Å². The Morgan fingerprint density at radius 2 is 1.81 bits per heavy atom. The molecule has 0 aromatic rings. The van der Waals surface area contributed by atoms with Crippen molar-refractivity contribution in [3.63, 3.8) is 0 Å². The van der Waals surface area contributed by atoms with Crippen LogP contribution in [0.5, 0.6) is 0 Å². The van der Waals surface area contributed by atoms with Crippen LogP contribution in [0.2, 0.25) is 0 Å². The predicted molar refractivity (Wildman–Crippen MR) is 109 cm³/mol. The monoisotopic (exact) mass is 362 g/mol. The van der Waals surface area contributed by atoms with E-state index in [1.807, 2.05) is 13.8 Å². The molecule has 150 valence electrons. The summed E-state index contributed by atoms with van der Waals surface area (Å²) in [7, 11) is 0. The van der Waals surface area contributed by atoms with Crippen molar-refractivity contribution in [1.29, 1.82) is 0 Å². The van der Waals surface area contributed by atoms with E-state index in [0.717, 1.165) is 42.9 Å². The van der Waals surface area contributed by atoms with Crippen molar-refractivity contribution in [2.24, 2.45) is 34.5 Å². The van der Waals surface area contributed by atoms with Crippen LogP contribution in [0.3, 0.4) is 0 Å². The first kappa shape index (κ1) is 20.4. The summed E-state index contributed by atoms with van der Waals surface area (Å²) in [6.45, 7) is 9.43. The molecular weight excluding hydrogens is 320 g/mol. The standard InChI is InChI=1S/C22H36O2.C2H6/c1-21-12-9-20-18(19(21)5-3-4-15(21)10-13-23)7-6-16-14-17(24)8-11-22(16,20)2;1-2/h6,15,17-20,23-24H,3-5,7-14H2,1-2H3;1-2H3. The molecular formula is C24H42O2. The molecule has 0 amide bonds. The number of rotatable bonds is 2. The molecule has 0 aromatic carbocycles. The van der Waals surface area contributed by atoms with Gasteiger partial charge in [-0.2, -0.15) is 0 Å². The molecule has 3 saturated carbocycles. The second kappa shape index (κ2) is 7.95. The molecule has 7 unspecified atom stereocenters. The summed E-state index contributed by atoms with van der Waals surface area (Å²) >= 11 is 0. The molecule has 0 aliphatic heterocycles. The van der Waals surface area contributed by atoms with Gasteiger partial charge in [-0.05, 0) is 92.3 Å². The summed E-state index contributed by atoms with van der Waals surface area (Å²) in [5, 5.41) is 19.7. The van der Waals surface area contributed by atoms with Crippen LogP contribution in [-0.2, 0) is 0 Å². The zero-order valence-corrected chi connectivity index (χ0v) is 17.6. The molecule has 0 saturated heterocycles. The first-order chi connectivity index (χ1) is 12.5. The zero-order valence-electron chi connectivity index (χ0n) is 17.6. The lowest BCUT2D eigenvalue weighted by Crippen LogP contribution is -2.54. The SMILES string of the molecule is CC.CC12CCC(O)CC1=CCC1C2CCC2(C)C(CCO)CCCC12. The Kier molecular flexibility index (Phi) is 6.24. The number of allylic oxidation sites excluding steroid dienone is 1. The quantitative estimate of drug-likeness (QED) is 0.616. The number of aliphatic hydroxyl groups is 2. The van der Waals surface area contributed by atoms with Gasteiger partial charge in [-0.15, -0.1) is 0 Å². The highest BCUT2D eigenvalue weighted by Crippen LogP contribution is 2.65. The van der Waals surface area contributed by atoms with Crippen molar-refractivity contribution < 1.29 is 10.2 Å². The van der Waals surface area contributed by atoms with E-state index in [4.69, 9.17) is 0 Å². The Morgan fingerprint density at radius 1 is 1.04 bits per heavy atom. The molecule has 2 N–H and O–H groups in total. The second-order valence-corrected chi connectivity index (χ2v) is 9.84. The van der Waals surface area contributed by atoms with Gasteiger partial charge >= 0.3 is 0 Å². The Morgan fingerprint density at radius 3 is 2.54 bits per heavy atom. The number of hydrogen-bond acceptors (Lipinski definition) is 2. The van der Waals surface area contributed by atoms with E-state index < -0.39 is 0 Å². The van der Waals surface area contributed by atoms with Crippen LogP contribution in [-0.4, -0.2) is 22.9 Å². The van der Waals surface area contributed by atoms with E-state index in [1.165, 1.54) is 44.9 Å². The predicted octanol–water partition coefficient (Wildman–Crippen LogP) is 5.73. The van der Waals surface area contributed by atoms with Crippen molar-refractivity contribution in [2.45, 2.75) is 98.0 Å². The molecule has 7 atom stereocenters. The molecule has 0 spiro atoms. The Hall–Kier alpha value is -0.340. The molecule has 0 aromatic heterocycles. The first-order valence-electron chi connectivity index (χ1n) is 11.5. The third-order valence-corrected chi connectivity index (χ3v) is 8.99. The molecule has 3 fully saturated rings. The zero-order chi connectivity index (χ0) is 18.9. The molecule has 2 nitrogen and oxygen atoms in total. The molecule has 4 aliphatic rings. The lowest BCUT2D eigenvalue weighted by Gasteiger charge is -2.61. The molecule has 26 heavy (non-hydrogen) atoms. The maximum Gasteiger partial charge on any atom is 0.0577 e. The van der Waals surface area contributed by atoms with Crippen molar-refractivity contribution >= 4 is 0 Å². The van der Waals surface area contributed by atoms with Gasteiger partial charge in [0, 0.05) is 6.61 Å². The maximum atomic E-state index is 10.1. The fraction of sp³-hybridized carbons (Fsp3) is 0.917. The fourth-order valence-electron chi connectivity index (χ4n) is 7.58. The molecule has 4 aliphatic carbocycles. The van der Waals surface area contributed by atoms with Crippen LogP contribution in [0, 0.1) is 34.5 Å². The van der Waals surface area contributed by atoms with Crippen LogP contribution in [0.15, 0.2) is 11.6 Å². The van der Waals surface area contributed by atoms with E-state index in [0.29, 0.717) is 17.4 Å². The smallest absolute Gasteiger partial charge is 0.0577 e. The summed E-state index contributed by atoms with van der Waals surface area (Å²) < 4.78 is 0. The summed E-state index contributed by atoms with van der Waals surface area (Å²) in [6, 6.07) is 0. The Balaban J connectivity index is 0.000000948. The molecule has 4 rings (SSSR count). The first-order valence-corrected chi connectivity index (χ1v) is 11.5. The van der Waals surface area contributed by atoms with Crippen molar-refractivity contribution in [2.75, 3.05) is 6.61 Å². The van der Waals surface area contributed by atoms with Crippen LogP contribution >= 0.6 is 0 Å². The summed E-state index contributed by atoms with van der Waals surface area (Å²) in [6.07, 6.45) is 14.6. The number of aliphatic hydroxyl groups excluding tert-OH is 2. The van der Waals surface area contributed by atoms with Gasteiger partial charge in [-0.25, -0.2) is 0 Å². The molecule has 0 radical (unpaired) electrons. The van der Waals surface area contributed by atoms with Gasteiger partial charge in [0.1, 0.15) is 0 Å². The maximum absolute atomic E-state index is 10.1. The Bertz CT molecular complexity index is 510. The highest BCUT2D eigenvalue weighted by atomic mass is 16.3. The van der Waals surface area contributed by atoms with Gasteiger partial charge in [0.05, 0.1) is 6.10 Å². The van der Waals surface area contributed by atoms with Gasteiger partial charge in [0.15, 0.2) is 0 Å². The molecule has 0 heterocycles. The average molecular weight is 363 g/mol. The second-order valence-electron chi connectivity index (χ2n) is 9.84. The summed E-state index contributed by atoms with van der Waals surface area (Å²) in [4.78, 5) is 0. The lowest BCUT2D eigenvalue weighted by molar-refractivity contribution is -0.101. The van der Waals surface area contributed by atoms with Gasteiger partial charge in [-0.3, -0.25) is 0 Å². The van der Waals surface area contributed by atoms with Crippen molar-refractivity contribution in [3.05, 3.63) is 11.6 Å². The lowest BCUT2D eigenvalue weighted by atomic mass is 9.43. The normalized spacial score (nSPS) is 47.5. The minimum absolute atomic E-state index is 0.0988. The van der Waals surface area contributed by atoms with Gasteiger partial charge in [0.2, 0.25) is 0 Å². The topological polar surface area (TPSA) is 40.5 Å². The largest absolute Gasteiger partial charge is 0.396 e. The van der Waals surface area contributed by atoms with Crippen LogP contribution in [0.25, 0.3) is 0 Å². The third kappa shape index (κ3) is 3.20. The van der Waals surface area contributed by atoms with E-state index >= 15 is 0 Å². The summed E-state index contributed by atoms with van der Waals surface area (Å²) in [5.74, 6) is 3.25. The number of fused-ring (bicyclic) bond motifs is 5. The van der Waals surface area contributed by atoms with E-state index in [-0.39, 0.29) is 6.10 Å². The number of hydrogen-bond donors (Lipinski definition) is 2. The molecule has 0 bridgehead atoms. The highest BCUT2D eigenvalue weighted by molar-refractivity contribution is 5.25. The van der Waals surface area contributed by atoms with E-state index in [2.05, 4.69) is 19.9 Å². The highest BCUT2D eigenvalue weighted by Gasteiger charge is 2.56. The average Bonchev–Trinajstić information content (AvgIpc) is 2.64. The minimum Gasteiger partial charge on any atom is -0.396 e. The van der Waals surface area contributed by atoms with Gasteiger partial charge in [0.25, 0.3) is 0 Å². The fourth-order valence-corrected chi connectivity index (χ4v) is 7.58. The van der Waals surface area contributed by atoms with Crippen LogP contribution < -0.4 is 0 Å². The Labute approximate surface area is 161 Å². The van der Waals surface area contributed by atoms with E-state index in [9.17, 15) is 10.2 Å². The molecule has 2 heteroatoms. The van der Waals surface area contributed by atoms with Crippen molar-refractivity contribution in [3.8, 4) is 0 Å². The van der Waals surface area contributed by atoms with Crippen LogP contribution in [0.4, 0.5) is 0 Å². The van der Waals surface area contributed by atoms with Gasteiger partial charge in [-0.1, -0.05) is 45.8 Å². The van der Waals surface area contributed by atoms with Gasteiger partial charge < -0.3 is 10.2 Å². The van der Waals surface area contributed by atoms with E-state index in [1.54, 1.807) is 5.57 Å². The third-order valence-electron chi connectivity index (χ3n) is 8.99.